The van der Waals surface area contributed by atoms with Crippen molar-refractivity contribution in [1.82, 2.24) is 0 Å². The third-order valence-corrected chi connectivity index (χ3v) is 6.02. The molecule has 3 N–H and O–H groups in total. The molecule has 3 atom stereocenters. The van der Waals surface area contributed by atoms with Gasteiger partial charge in [0.1, 0.15) is 0 Å². The summed E-state index contributed by atoms with van der Waals surface area (Å²) in [5, 5.41) is 26.7. The topological polar surface area (TPSA) is 184 Å². The van der Waals surface area contributed by atoms with E-state index in [4.69, 9.17) is 43.1 Å². The normalized spacial score (nSPS) is 16.7. The molecule has 0 spiro atoms. The van der Waals surface area contributed by atoms with Crippen LogP contribution >= 0.6 is 7.82 Å². The van der Waals surface area contributed by atoms with Crippen LogP contribution in [0.25, 0.3) is 0 Å². The largest absolute Gasteiger partial charge is 0.484 e. The van der Waals surface area contributed by atoms with E-state index in [1.165, 1.54) is 59.8 Å². The number of aliphatic hydroxyl groups is 3. The summed E-state index contributed by atoms with van der Waals surface area (Å²) in [6.45, 7) is 7.49. The molecule has 14 heteroatoms. The van der Waals surface area contributed by atoms with Gasteiger partial charge in [-0.2, -0.15) is 0 Å². The lowest BCUT2D eigenvalue weighted by Crippen LogP contribution is -2.25. The highest BCUT2D eigenvalue weighted by Gasteiger charge is 2.37. The van der Waals surface area contributed by atoms with Crippen molar-refractivity contribution in [2.24, 2.45) is 0 Å². The number of phosphoric acid groups is 1. The van der Waals surface area contributed by atoms with Crippen LogP contribution in [-0.4, -0.2) is 71.9 Å². The van der Waals surface area contributed by atoms with Crippen molar-refractivity contribution < 1.29 is 62.1 Å². The van der Waals surface area contributed by atoms with E-state index < -0.39 is 44.6 Å². The zero-order valence-corrected chi connectivity index (χ0v) is 23.5. The summed E-state index contributed by atoms with van der Waals surface area (Å²) in [4.78, 5) is 36.6. The van der Waals surface area contributed by atoms with E-state index in [0.29, 0.717) is 0 Å². The average Bonchev–Trinajstić information content (AvgIpc) is 2.82. The molecule has 0 aromatic rings. The van der Waals surface area contributed by atoms with Crippen molar-refractivity contribution in [2.45, 2.75) is 79.7 Å². The summed E-state index contributed by atoms with van der Waals surface area (Å²) in [5.41, 5.74) is 0.475. The second-order valence-corrected chi connectivity index (χ2v) is 9.41. The van der Waals surface area contributed by atoms with Gasteiger partial charge in [-0.05, 0) is 60.8 Å². The van der Waals surface area contributed by atoms with Crippen LogP contribution in [0.4, 0.5) is 0 Å². The van der Waals surface area contributed by atoms with E-state index in [1.807, 2.05) is 0 Å². The van der Waals surface area contributed by atoms with Crippen LogP contribution in [0.15, 0.2) is 34.9 Å². The van der Waals surface area contributed by atoms with Crippen LogP contribution in [0.3, 0.4) is 0 Å². The number of phosphoric ester groups is 1. The Morgan fingerprint density at radius 2 is 0.842 bits per heavy atom. The van der Waals surface area contributed by atoms with Crippen molar-refractivity contribution in [1.29, 1.82) is 0 Å². The number of carbonyl (C=O) groups is 3. The summed E-state index contributed by atoms with van der Waals surface area (Å²) in [6, 6.07) is 0. The molecular weight excluding hydrogens is 527 g/mol. The zero-order chi connectivity index (χ0) is 29.3. The maximum absolute atomic E-state index is 13.4. The molecule has 0 bridgehead atoms. The molecule has 0 aromatic carbocycles. The highest BCUT2D eigenvalue weighted by Crippen LogP contribution is 2.53. The maximum Gasteiger partial charge on any atom is 0.484 e. The van der Waals surface area contributed by atoms with E-state index in [2.05, 4.69) is 0 Å². The first-order valence-corrected chi connectivity index (χ1v) is 13.4. The number of esters is 3. The highest BCUT2D eigenvalue weighted by atomic mass is 31.2. The number of ether oxygens (including phenoxy) is 3. The number of carbonyl (C=O) groups excluding carboxylic acids is 3. The number of hydrogen-bond donors (Lipinski definition) is 3. The zero-order valence-electron chi connectivity index (χ0n) is 22.6. The molecule has 13 nitrogen and oxygen atoms in total. The predicted octanol–water partition coefficient (Wildman–Crippen LogP) is 2.80. The van der Waals surface area contributed by atoms with Crippen LogP contribution in [0.5, 0.6) is 0 Å². The maximum atomic E-state index is 13.4. The molecule has 0 aliphatic heterocycles. The Morgan fingerprint density at radius 1 is 0.605 bits per heavy atom. The molecule has 0 fully saturated rings. The molecule has 0 radical (unpaired) electrons. The summed E-state index contributed by atoms with van der Waals surface area (Å²) in [5.74, 6) is -2.48. The van der Waals surface area contributed by atoms with E-state index in [-0.39, 0.29) is 55.8 Å². The molecule has 0 saturated heterocycles. The quantitative estimate of drug-likeness (QED) is 0.0724. The minimum Gasteiger partial charge on any atom is -0.432 e. The molecular formula is C24H39O13P. The second kappa shape index (κ2) is 18.8. The van der Waals surface area contributed by atoms with E-state index in [9.17, 15) is 18.9 Å². The molecule has 38 heavy (non-hydrogen) atoms. The fourth-order valence-electron chi connectivity index (χ4n) is 2.51. The summed E-state index contributed by atoms with van der Waals surface area (Å²) >= 11 is 0. The summed E-state index contributed by atoms with van der Waals surface area (Å²) in [6.07, 6.45) is 0.468. The Balaban J connectivity index is 5.61. The lowest BCUT2D eigenvalue weighted by atomic mass is 10.2. The third kappa shape index (κ3) is 15.1. The molecule has 0 rings (SSSR count). The Labute approximate surface area is 222 Å². The Bertz CT molecular complexity index is 795. The van der Waals surface area contributed by atoms with Crippen LogP contribution in [0.1, 0.15) is 60.8 Å². The van der Waals surface area contributed by atoms with Crippen LogP contribution in [-0.2, 0) is 46.7 Å². The van der Waals surface area contributed by atoms with Crippen LogP contribution in [0, 0.1) is 0 Å². The number of aliphatic hydroxyl groups excluding tert-OH is 3. The number of hydrogen-bond acceptors (Lipinski definition) is 13. The molecule has 0 saturated carbocycles. The lowest BCUT2D eigenvalue weighted by Gasteiger charge is -2.26. The first-order valence-electron chi connectivity index (χ1n) is 11.9. The van der Waals surface area contributed by atoms with Gasteiger partial charge in [-0.3, -0.25) is 0 Å². The monoisotopic (exact) mass is 566 g/mol. The van der Waals surface area contributed by atoms with Gasteiger partial charge in [0.2, 0.25) is 18.9 Å². The van der Waals surface area contributed by atoms with Gasteiger partial charge in [-0.25, -0.2) is 32.5 Å². The Kier molecular flexibility index (Phi) is 17.6. The van der Waals surface area contributed by atoms with Gasteiger partial charge < -0.3 is 29.5 Å². The molecule has 0 aliphatic rings. The van der Waals surface area contributed by atoms with Gasteiger partial charge in [-0.15, -0.1) is 0 Å². The molecule has 3 unspecified atom stereocenters. The Hall–Kier alpha value is -2.38. The first-order chi connectivity index (χ1) is 17.8. The fourth-order valence-corrected chi connectivity index (χ4v) is 3.88. The SMILES string of the molecule is C/C(=C\CCO)C(=O)OC(C)OP(=O)(OC(C)OC(=O)/C(C)=C/CCO)OC(C)OC(=O)/C(C)=C/CCO. The van der Waals surface area contributed by atoms with Crippen molar-refractivity contribution in [3.8, 4) is 0 Å². The molecule has 0 amide bonds. The van der Waals surface area contributed by atoms with Gasteiger partial charge in [0.15, 0.2) is 0 Å². The van der Waals surface area contributed by atoms with Gasteiger partial charge in [-0.1, -0.05) is 18.2 Å². The molecule has 218 valence electrons. The van der Waals surface area contributed by atoms with Gasteiger partial charge in [0.05, 0.1) is 0 Å². The predicted molar refractivity (Wildman–Crippen MR) is 134 cm³/mol. The molecule has 0 aliphatic carbocycles. The third-order valence-electron chi connectivity index (χ3n) is 4.36. The van der Waals surface area contributed by atoms with E-state index in [1.54, 1.807) is 0 Å². The van der Waals surface area contributed by atoms with Crippen molar-refractivity contribution >= 4 is 25.7 Å². The minimum absolute atomic E-state index is 0.158. The number of rotatable bonds is 18. The van der Waals surface area contributed by atoms with Crippen molar-refractivity contribution in [3.63, 3.8) is 0 Å². The minimum atomic E-state index is -4.72. The Morgan fingerprint density at radius 3 is 1.05 bits per heavy atom. The van der Waals surface area contributed by atoms with Crippen LogP contribution < -0.4 is 0 Å². The first kappa shape index (κ1) is 35.6. The van der Waals surface area contributed by atoms with E-state index >= 15 is 0 Å². The molecule has 0 heterocycles. The lowest BCUT2D eigenvalue weighted by molar-refractivity contribution is -0.174. The van der Waals surface area contributed by atoms with Gasteiger partial charge >= 0.3 is 25.7 Å². The smallest absolute Gasteiger partial charge is 0.432 e. The summed E-state index contributed by atoms with van der Waals surface area (Å²) in [7, 11) is -4.72. The van der Waals surface area contributed by atoms with Crippen molar-refractivity contribution in [2.75, 3.05) is 19.8 Å². The van der Waals surface area contributed by atoms with Gasteiger partial charge in [0, 0.05) is 36.5 Å². The second-order valence-electron chi connectivity index (χ2n) is 7.88. The van der Waals surface area contributed by atoms with Crippen LogP contribution in [0.2, 0.25) is 0 Å². The standard InChI is InChI=1S/C24H39O13P/c1-16(10-7-13-25)22(28)32-19(4)35-38(31,36-20(5)33-23(29)17(2)11-8-14-26)37-21(6)34-24(30)18(3)12-9-15-27/h10-12,19-21,25-27H,7-9,13-15H2,1-6H3/b16-10+,17-11+,18-12+. The van der Waals surface area contributed by atoms with E-state index in [0.717, 1.165) is 0 Å². The average molecular weight is 567 g/mol. The van der Waals surface area contributed by atoms with Gasteiger partial charge in [0.25, 0.3) is 0 Å². The molecule has 0 aromatic heterocycles. The summed E-state index contributed by atoms with van der Waals surface area (Å²) < 4.78 is 44.3. The van der Waals surface area contributed by atoms with Crippen molar-refractivity contribution in [3.05, 3.63) is 34.9 Å². The highest BCUT2D eigenvalue weighted by molar-refractivity contribution is 7.48. The fraction of sp³-hybridized carbons (Fsp3) is 0.625.